The third-order valence-corrected chi connectivity index (χ3v) is 10.2. The van der Waals surface area contributed by atoms with Gasteiger partial charge < -0.3 is 15.0 Å². The van der Waals surface area contributed by atoms with Gasteiger partial charge in [0.15, 0.2) is 0 Å². The molecular formula is C32H36Cl2FN3O5S. The van der Waals surface area contributed by atoms with Crippen molar-refractivity contribution in [2.45, 2.75) is 69.0 Å². The predicted molar refractivity (Wildman–Crippen MR) is 170 cm³/mol. The highest BCUT2D eigenvalue weighted by Gasteiger charge is 2.34. The lowest BCUT2D eigenvalue weighted by Crippen LogP contribution is -2.54. The third-order valence-electron chi connectivity index (χ3n) is 7.72. The maximum Gasteiger partial charge on any atom is 0.264 e. The van der Waals surface area contributed by atoms with Gasteiger partial charge in [0, 0.05) is 12.6 Å². The van der Waals surface area contributed by atoms with Gasteiger partial charge in [0.1, 0.15) is 24.2 Å². The Morgan fingerprint density at radius 1 is 0.977 bits per heavy atom. The highest BCUT2D eigenvalue weighted by molar-refractivity contribution is 7.92. The van der Waals surface area contributed by atoms with Crippen molar-refractivity contribution in [3.8, 4) is 5.75 Å². The molecule has 0 heterocycles. The molecule has 236 valence electrons. The summed E-state index contributed by atoms with van der Waals surface area (Å²) in [4.78, 5) is 29.1. The van der Waals surface area contributed by atoms with Crippen LogP contribution in [0.25, 0.3) is 0 Å². The number of amides is 2. The number of rotatable bonds is 12. The zero-order valence-corrected chi connectivity index (χ0v) is 27.0. The minimum absolute atomic E-state index is 0.0124. The summed E-state index contributed by atoms with van der Waals surface area (Å²) in [5, 5.41) is 3.72. The molecular weight excluding hydrogens is 628 g/mol. The van der Waals surface area contributed by atoms with Crippen molar-refractivity contribution in [1.82, 2.24) is 10.2 Å². The number of hydrogen-bond acceptors (Lipinski definition) is 5. The van der Waals surface area contributed by atoms with E-state index in [0.717, 1.165) is 48.5 Å². The molecule has 8 nitrogen and oxygen atoms in total. The molecule has 0 saturated heterocycles. The highest BCUT2D eigenvalue weighted by atomic mass is 35.5. The van der Waals surface area contributed by atoms with E-state index in [1.807, 2.05) is 0 Å². The lowest BCUT2D eigenvalue weighted by Gasteiger charge is -2.34. The Hall–Kier alpha value is -3.34. The van der Waals surface area contributed by atoms with Crippen molar-refractivity contribution in [3.05, 3.63) is 88.2 Å². The zero-order chi connectivity index (χ0) is 31.9. The average molecular weight is 665 g/mol. The van der Waals surface area contributed by atoms with E-state index < -0.39 is 34.3 Å². The standard InChI is InChI=1S/C32H36Cl2FN3O5S/c1-3-30(32(40)36-24-7-5-4-6-8-24)37(20-22-9-18-28(33)29(34)19-22)31(39)21-38(25-12-10-23(35)11-13-25)44(41,42)27-16-14-26(43-2)15-17-27/h9-19,24,30H,3-8,20-21H2,1-2H3,(H,36,40). The number of methoxy groups -OCH3 is 1. The van der Waals surface area contributed by atoms with E-state index in [4.69, 9.17) is 27.9 Å². The van der Waals surface area contributed by atoms with Crippen molar-refractivity contribution < 1.29 is 27.1 Å². The fraction of sp³-hybridized carbons (Fsp3) is 0.375. The second-order valence-corrected chi connectivity index (χ2v) is 13.4. The summed E-state index contributed by atoms with van der Waals surface area (Å²) >= 11 is 12.4. The van der Waals surface area contributed by atoms with Gasteiger partial charge in [0.25, 0.3) is 10.0 Å². The second-order valence-electron chi connectivity index (χ2n) is 10.7. The minimum Gasteiger partial charge on any atom is -0.497 e. The van der Waals surface area contributed by atoms with Gasteiger partial charge in [-0.05, 0) is 85.5 Å². The number of sulfonamides is 1. The number of ether oxygens (including phenoxy) is 1. The molecule has 3 aromatic rings. The Balaban J connectivity index is 1.71. The minimum atomic E-state index is -4.31. The number of carbonyl (C=O) groups excluding carboxylic acids is 2. The van der Waals surface area contributed by atoms with Crippen molar-refractivity contribution in [2.24, 2.45) is 0 Å². The predicted octanol–water partition coefficient (Wildman–Crippen LogP) is 6.59. The Bertz CT molecular complexity index is 1550. The molecule has 1 N–H and O–H groups in total. The topological polar surface area (TPSA) is 96.0 Å². The Labute approximate surface area is 268 Å². The molecule has 1 aliphatic rings. The molecule has 2 amide bonds. The Morgan fingerprint density at radius 2 is 1.64 bits per heavy atom. The van der Waals surface area contributed by atoms with Crippen molar-refractivity contribution in [3.63, 3.8) is 0 Å². The number of nitrogens with zero attached hydrogens (tertiary/aromatic N) is 2. The average Bonchev–Trinajstić information content (AvgIpc) is 3.02. The largest absolute Gasteiger partial charge is 0.497 e. The van der Waals surface area contributed by atoms with Crippen molar-refractivity contribution >= 4 is 50.7 Å². The SMILES string of the molecule is CCC(C(=O)NC1CCCCC1)N(Cc1ccc(Cl)c(Cl)c1)C(=O)CN(c1ccc(F)cc1)S(=O)(=O)c1ccc(OC)cc1. The summed E-state index contributed by atoms with van der Waals surface area (Å²) < 4.78 is 47.9. The maximum atomic E-state index is 14.2. The molecule has 1 fully saturated rings. The van der Waals surface area contributed by atoms with Gasteiger partial charge in [-0.25, -0.2) is 12.8 Å². The van der Waals surface area contributed by atoms with Crippen LogP contribution in [0.3, 0.4) is 0 Å². The second kappa shape index (κ2) is 15.1. The molecule has 0 radical (unpaired) electrons. The fourth-order valence-corrected chi connectivity index (χ4v) is 7.04. The summed E-state index contributed by atoms with van der Waals surface area (Å²) in [5.41, 5.74) is 0.702. The van der Waals surface area contributed by atoms with Gasteiger partial charge in [0.05, 0.1) is 27.7 Å². The summed E-state index contributed by atoms with van der Waals surface area (Å²) in [6.07, 6.45) is 5.16. The molecule has 1 atom stereocenters. The number of halogens is 3. The van der Waals surface area contributed by atoms with Gasteiger partial charge in [-0.3, -0.25) is 13.9 Å². The van der Waals surface area contributed by atoms with E-state index in [1.54, 1.807) is 25.1 Å². The van der Waals surface area contributed by atoms with Crippen LogP contribution in [0.2, 0.25) is 10.0 Å². The number of benzene rings is 3. The first-order valence-corrected chi connectivity index (χ1v) is 16.7. The van der Waals surface area contributed by atoms with Crippen LogP contribution in [0, 0.1) is 5.82 Å². The zero-order valence-electron chi connectivity index (χ0n) is 24.6. The van der Waals surface area contributed by atoms with Gasteiger partial charge in [-0.15, -0.1) is 0 Å². The number of anilines is 1. The molecule has 1 unspecified atom stereocenters. The van der Waals surface area contributed by atoms with Crippen LogP contribution in [-0.2, 0) is 26.2 Å². The molecule has 0 aromatic heterocycles. The first kappa shape index (κ1) is 33.6. The van der Waals surface area contributed by atoms with Gasteiger partial charge in [-0.1, -0.05) is 55.5 Å². The lowest BCUT2D eigenvalue weighted by atomic mass is 9.95. The summed E-state index contributed by atoms with van der Waals surface area (Å²) in [6, 6.07) is 14.6. The normalized spacial score (nSPS) is 14.5. The number of hydrogen-bond donors (Lipinski definition) is 1. The summed E-state index contributed by atoms with van der Waals surface area (Å²) in [7, 11) is -2.85. The first-order chi connectivity index (χ1) is 21.0. The fourth-order valence-electron chi connectivity index (χ4n) is 5.31. The number of nitrogens with one attached hydrogen (secondary N) is 1. The van der Waals surface area contributed by atoms with Crippen LogP contribution < -0.4 is 14.4 Å². The third kappa shape index (κ3) is 8.22. The van der Waals surface area contributed by atoms with E-state index >= 15 is 0 Å². The molecule has 0 bridgehead atoms. The van der Waals surface area contributed by atoms with E-state index in [-0.39, 0.29) is 40.5 Å². The number of carbonyl (C=O) groups is 2. The first-order valence-electron chi connectivity index (χ1n) is 14.5. The monoisotopic (exact) mass is 663 g/mol. The maximum absolute atomic E-state index is 14.2. The molecule has 0 aliphatic heterocycles. The van der Waals surface area contributed by atoms with Crippen LogP contribution in [-0.4, -0.2) is 50.9 Å². The van der Waals surface area contributed by atoms with Crippen molar-refractivity contribution in [1.29, 1.82) is 0 Å². The van der Waals surface area contributed by atoms with Gasteiger partial charge >= 0.3 is 0 Å². The summed E-state index contributed by atoms with van der Waals surface area (Å²) in [5.74, 6) is -1.04. The molecule has 0 spiro atoms. The summed E-state index contributed by atoms with van der Waals surface area (Å²) in [6.45, 7) is 1.13. The molecule has 1 saturated carbocycles. The molecule has 12 heteroatoms. The van der Waals surface area contributed by atoms with E-state index in [9.17, 15) is 22.4 Å². The molecule has 1 aliphatic carbocycles. The quantitative estimate of drug-likeness (QED) is 0.236. The van der Waals surface area contributed by atoms with Crippen LogP contribution in [0.4, 0.5) is 10.1 Å². The molecule has 4 rings (SSSR count). The van der Waals surface area contributed by atoms with E-state index in [0.29, 0.717) is 16.3 Å². The van der Waals surface area contributed by atoms with E-state index in [1.165, 1.54) is 48.4 Å². The van der Waals surface area contributed by atoms with Crippen LogP contribution in [0.5, 0.6) is 5.75 Å². The van der Waals surface area contributed by atoms with E-state index in [2.05, 4.69) is 5.32 Å². The van der Waals surface area contributed by atoms with Crippen LogP contribution in [0.1, 0.15) is 51.0 Å². The lowest BCUT2D eigenvalue weighted by molar-refractivity contribution is -0.140. The molecule has 44 heavy (non-hydrogen) atoms. The smallest absolute Gasteiger partial charge is 0.264 e. The van der Waals surface area contributed by atoms with Crippen LogP contribution >= 0.6 is 23.2 Å². The molecule has 3 aromatic carbocycles. The van der Waals surface area contributed by atoms with Gasteiger partial charge in [-0.2, -0.15) is 0 Å². The Morgan fingerprint density at radius 3 is 2.23 bits per heavy atom. The highest BCUT2D eigenvalue weighted by Crippen LogP contribution is 2.28. The van der Waals surface area contributed by atoms with Gasteiger partial charge in [0.2, 0.25) is 11.8 Å². The Kier molecular flexibility index (Phi) is 11.5. The van der Waals surface area contributed by atoms with Crippen LogP contribution in [0.15, 0.2) is 71.6 Å². The van der Waals surface area contributed by atoms with Crippen molar-refractivity contribution in [2.75, 3.05) is 18.0 Å².